The quantitative estimate of drug-likeness (QED) is 0.516. The number of anilines is 1. The Labute approximate surface area is 201 Å². The van der Waals surface area contributed by atoms with Crippen LogP contribution in [0.15, 0.2) is 48.9 Å². The van der Waals surface area contributed by atoms with Crippen LogP contribution in [-0.2, 0) is 11.2 Å². The molecule has 3 aromatic rings. The number of rotatable bonds is 8. The number of amides is 3. The van der Waals surface area contributed by atoms with Gasteiger partial charge in [0.2, 0.25) is 5.91 Å². The molecule has 2 aliphatic rings. The first-order valence-corrected chi connectivity index (χ1v) is 11.3. The number of hydrogen-bond acceptors (Lipinski definition) is 6. The maximum Gasteiger partial charge on any atom is 0.264 e. The summed E-state index contributed by atoms with van der Waals surface area (Å²) in [5, 5.41) is 2.87. The highest BCUT2D eigenvalue weighted by Gasteiger charge is 2.49. The van der Waals surface area contributed by atoms with Gasteiger partial charge in [-0.1, -0.05) is 18.2 Å². The van der Waals surface area contributed by atoms with E-state index in [0.717, 1.165) is 5.69 Å². The minimum absolute atomic E-state index is 0.0953. The molecule has 10 nitrogen and oxygen atoms in total. The van der Waals surface area contributed by atoms with E-state index in [1.807, 2.05) is 0 Å². The lowest BCUT2D eigenvalue weighted by Gasteiger charge is -2.40. The van der Waals surface area contributed by atoms with Crippen LogP contribution in [0.4, 0.5) is 5.69 Å². The molecule has 0 fully saturated rings. The summed E-state index contributed by atoms with van der Waals surface area (Å²) in [6.45, 7) is 0.594. The lowest BCUT2D eigenvalue weighted by atomic mass is 10.0. The van der Waals surface area contributed by atoms with Gasteiger partial charge in [0.1, 0.15) is 6.17 Å². The molecule has 5 rings (SSSR count). The summed E-state index contributed by atoms with van der Waals surface area (Å²) < 4.78 is 10.9. The minimum Gasteiger partial charge on any atom is -0.493 e. The topological polar surface area (TPSA) is 117 Å². The highest BCUT2D eigenvalue weighted by atomic mass is 16.5. The van der Waals surface area contributed by atoms with Crippen molar-refractivity contribution in [1.82, 2.24) is 20.2 Å². The van der Waals surface area contributed by atoms with E-state index >= 15 is 0 Å². The third kappa shape index (κ3) is 3.76. The van der Waals surface area contributed by atoms with Crippen LogP contribution in [0.2, 0.25) is 0 Å². The number of nitrogens with one attached hydrogen (secondary N) is 2. The van der Waals surface area contributed by atoms with Gasteiger partial charge >= 0.3 is 0 Å². The highest BCUT2D eigenvalue weighted by Crippen LogP contribution is 2.49. The summed E-state index contributed by atoms with van der Waals surface area (Å²) in [6.07, 6.45) is 3.34. The number of aromatic amines is 1. The van der Waals surface area contributed by atoms with Crippen molar-refractivity contribution in [3.63, 3.8) is 0 Å². The number of carbonyl (C=O) groups excluding carboxylic acids is 3. The Hall–Kier alpha value is -4.34. The first-order chi connectivity index (χ1) is 17.0. The van der Waals surface area contributed by atoms with Crippen molar-refractivity contribution in [2.24, 2.45) is 0 Å². The molecular weight excluding hydrogens is 450 g/mol. The fourth-order valence-corrected chi connectivity index (χ4v) is 4.72. The van der Waals surface area contributed by atoms with Crippen molar-refractivity contribution in [3.8, 4) is 11.5 Å². The van der Waals surface area contributed by atoms with Crippen LogP contribution >= 0.6 is 0 Å². The number of carbonyl (C=O) groups is 3. The predicted molar refractivity (Wildman–Crippen MR) is 126 cm³/mol. The van der Waals surface area contributed by atoms with Crippen molar-refractivity contribution < 1.29 is 23.9 Å². The van der Waals surface area contributed by atoms with E-state index in [-0.39, 0.29) is 30.7 Å². The van der Waals surface area contributed by atoms with E-state index in [9.17, 15) is 14.4 Å². The van der Waals surface area contributed by atoms with E-state index in [0.29, 0.717) is 46.8 Å². The monoisotopic (exact) mass is 475 g/mol. The Morgan fingerprint density at radius 3 is 2.69 bits per heavy atom. The number of benzene rings is 2. The zero-order valence-corrected chi connectivity index (χ0v) is 19.4. The number of nitrogens with zero attached hydrogens (tertiary/aromatic N) is 3. The van der Waals surface area contributed by atoms with Gasteiger partial charge in [-0.2, -0.15) is 0 Å². The van der Waals surface area contributed by atoms with E-state index in [4.69, 9.17) is 9.47 Å². The zero-order chi connectivity index (χ0) is 24.5. The van der Waals surface area contributed by atoms with Crippen LogP contribution in [0.1, 0.15) is 44.6 Å². The molecule has 3 amide bonds. The van der Waals surface area contributed by atoms with Crippen molar-refractivity contribution in [1.29, 1.82) is 0 Å². The maximum absolute atomic E-state index is 13.7. The second-order valence-electron chi connectivity index (χ2n) is 8.26. The molecular formula is C25H25N5O5. The molecule has 0 bridgehead atoms. The number of methoxy groups -OCH3 is 2. The summed E-state index contributed by atoms with van der Waals surface area (Å²) in [5.74, 6) is 0.0601. The van der Waals surface area contributed by atoms with Crippen molar-refractivity contribution >= 4 is 23.4 Å². The second-order valence-corrected chi connectivity index (χ2v) is 8.26. The average molecular weight is 476 g/mol. The molecule has 1 aromatic heterocycles. The Morgan fingerprint density at radius 1 is 1.11 bits per heavy atom. The van der Waals surface area contributed by atoms with Gasteiger partial charge in [-0.05, 0) is 18.2 Å². The number of imidazole rings is 1. The third-order valence-electron chi connectivity index (χ3n) is 6.33. The molecule has 10 heteroatoms. The van der Waals surface area contributed by atoms with E-state index in [2.05, 4.69) is 15.3 Å². The lowest BCUT2D eigenvalue weighted by Crippen LogP contribution is -2.49. The summed E-state index contributed by atoms with van der Waals surface area (Å²) in [6, 6.07) is 10.5. The van der Waals surface area contributed by atoms with Gasteiger partial charge in [0.15, 0.2) is 11.5 Å². The van der Waals surface area contributed by atoms with Crippen molar-refractivity contribution in [3.05, 3.63) is 71.3 Å². The Bertz CT molecular complexity index is 1290. The first-order valence-electron chi connectivity index (χ1n) is 11.3. The molecule has 1 atom stereocenters. The van der Waals surface area contributed by atoms with Crippen LogP contribution in [-0.4, -0.2) is 59.9 Å². The highest BCUT2D eigenvalue weighted by molar-refractivity contribution is 6.18. The largest absolute Gasteiger partial charge is 0.493 e. The van der Waals surface area contributed by atoms with Gasteiger partial charge in [-0.3, -0.25) is 19.3 Å². The standard InChI is InChI=1S/C25H25N5O5/c1-34-19-8-7-17-21(22(19)35-2)25(33)30-18-6-4-3-5-16(18)24(32)29(23(17)30)12-10-20(31)27-11-9-15-13-26-14-28-15/h3-8,13-14,23H,9-12H2,1-2H3,(H,26,28)(H,27,31). The maximum atomic E-state index is 13.7. The second kappa shape index (κ2) is 9.13. The number of fused-ring (bicyclic) bond motifs is 5. The normalized spacial score (nSPS) is 16.0. The van der Waals surface area contributed by atoms with Gasteiger partial charge in [0.05, 0.1) is 37.4 Å². The van der Waals surface area contributed by atoms with E-state index < -0.39 is 6.17 Å². The number of H-pyrrole nitrogens is 1. The molecule has 2 aliphatic heterocycles. The molecule has 1 unspecified atom stereocenters. The Morgan fingerprint density at radius 2 is 1.94 bits per heavy atom. The number of ether oxygens (including phenoxy) is 2. The van der Waals surface area contributed by atoms with E-state index in [1.165, 1.54) is 14.2 Å². The van der Waals surface area contributed by atoms with Crippen LogP contribution < -0.4 is 19.7 Å². The Kier molecular flexibility index (Phi) is 5.86. The zero-order valence-electron chi connectivity index (χ0n) is 19.4. The minimum atomic E-state index is -0.683. The summed E-state index contributed by atoms with van der Waals surface area (Å²) in [7, 11) is 2.99. The molecule has 2 N–H and O–H groups in total. The van der Waals surface area contributed by atoms with Crippen LogP contribution in [0.25, 0.3) is 0 Å². The predicted octanol–water partition coefficient (Wildman–Crippen LogP) is 2.29. The van der Waals surface area contributed by atoms with Gasteiger partial charge in [0, 0.05) is 43.4 Å². The molecule has 0 radical (unpaired) electrons. The fourth-order valence-electron chi connectivity index (χ4n) is 4.72. The molecule has 0 saturated heterocycles. The van der Waals surface area contributed by atoms with E-state index in [1.54, 1.807) is 58.7 Å². The number of hydrogen-bond donors (Lipinski definition) is 2. The Balaban J connectivity index is 1.43. The molecule has 0 saturated carbocycles. The van der Waals surface area contributed by atoms with Gasteiger partial charge in [0.25, 0.3) is 11.8 Å². The molecule has 2 aromatic carbocycles. The SMILES string of the molecule is COc1ccc2c(c1OC)C(=O)N1c3ccccc3C(=O)N(CCC(=O)NCCc3cnc[nH]3)C21. The number of aromatic nitrogens is 2. The van der Waals surface area contributed by atoms with Gasteiger partial charge < -0.3 is 24.7 Å². The summed E-state index contributed by atoms with van der Waals surface area (Å²) in [5.41, 5.74) is 2.86. The van der Waals surface area contributed by atoms with Crippen LogP contribution in [0.5, 0.6) is 11.5 Å². The molecule has 0 aliphatic carbocycles. The smallest absolute Gasteiger partial charge is 0.264 e. The van der Waals surface area contributed by atoms with Gasteiger partial charge in [-0.25, -0.2) is 4.98 Å². The van der Waals surface area contributed by atoms with Gasteiger partial charge in [-0.15, -0.1) is 0 Å². The molecule has 0 spiro atoms. The van der Waals surface area contributed by atoms with Crippen LogP contribution in [0.3, 0.4) is 0 Å². The lowest BCUT2D eigenvalue weighted by molar-refractivity contribution is -0.121. The average Bonchev–Trinajstić information content (AvgIpc) is 3.50. The summed E-state index contributed by atoms with van der Waals surface area (Å²) >= 11 is 0. The number of para-hydroxylation sites is 1. The molecule has 3 heterocycles. The fraction of sp³-hybridized carbons (Fsp3) is 0.280. The summed E-state index contributed by atoms with van der Waals surface area (Å²) in [4.78, 5) is 49.9. The van der Waals surface area contributed by atoms with Crippen LogP contribution in [0, 0.1) is 0 Å². The molecule has 35 heavy (non-hydrogen) atoms. The van der Waals surface area contributed by atoms with Crippen molar-refractivity contribution in [2.75, 3.05) is 32.2 Å². The van der Waals surface area contributed by atoms with Crippen molar-refractivity contribution in [2.45, 2.75) is 19.0 Å². The first kappa shape index (κ1) is 22.5. The molecule has 180 valence electrons. The third-order valence-corrected chi connectivity index (χ3v) is 6.33.